The topological polar surface area (TPSA) is 107 Å². The number of nitrogen functional groups attached to an aromatic ring is 1. The molecule has 2 rings (SSSR count). The van der Waals surface area contributed by atoms with Crippen molar-refractivity contribution in [1.29, 1.82) is 0 Å². The Balaban J connectivity index is 2.34. The molecule has 0 unspecified atom stereocenters. The molecule has 0 saturated heterocycles. The minimum Gasteiger partial charge on any atom is -0.398 e. The average molecular weight is 328 g/mol. The van der Waals surface area contributed by atoms with Gasteiger partial charge in [-0.3, -0.25) is 4.98 Å². The highest BCUT2D eigenvalue weighted by Crippen LogP contribution is 2.24. The Morgan fingerprint density at radius 1 is 1.10 bits per heavy atom. The zero-order valence-corrected chi connectivity index (χ0v) is 13.1. The molecule has 0 spiro atoms. The van der Waals surface area contributed by atoms with E-state index in [1.165, 1.54) is 0 Å². The molecule has 2 aromatic rings. The summed E-state index contributed by atoms with van der Waals surface area (Å²) in [5.41, 5.74) is 7.41. The van der Waals surface area contributed by atoms with Gasteiger partial charge < -0.3 is 5.73 Å². The van der Waals surface area contributed by atoms with Gasteiger partial charge in [-0.2, -0.15) is 0 Å². The Bertz CT molecular complexity index is 874. The van der Waals surface area contributed by atoms with Gasteiger partial charge in [0.15, 0.2) is 9.84 Å². The van der Waals surface area contributed by atoms with Crippen LogP contribution in [0.5, 0.6) is 0 Å². The van der Waals surface area contributed by atoms with Crippen molar-refractivity contribution in [3.05, 3.63) is 36.0 Å². The van der Waals surface area contributed by atoms with Crippen LogP contribution >= 0.6 is 0 Å². The Kier molecular flexibility index (Phi) is 4.20. The number of anilines is 1. The fraction of sp³-hybridized carbons (Fsp3) is 0.308. The van der Waals surface area contributed by atoms with Crippen molar-refractivity contribution in [2.75, 3.05) is 23.5 Å². The number of aromatic nitrogens is 1. The minimum absolute atomic E-state index is 0.254. The van der Waals surface area contributed by atoms with E-state index in [1.807, 2.05) is 0 Å². The largest absolute Gasteiger partial charge is 0.398 e. The number of rotatable bonds is 5. The lowest BCUT2D eigenvalue weighted by Crippen LogP contribution is -2.18. The van der Waals surface area contributed by atoms with Gasteiger partial charge in [0, 0.05) is 23.5 Å². The van der Waals surface area contributed by atoms with Crippen molar-refractivity contribution in [3.63, 3.8) is 0 Å². The van der Waals surface area contributed by atoms with Crippen molar-refractivity contribution in [3.8, 4) is 0 Å². The fourth-order valence-corrected chi connectivity index (χ4v) is 5.03. The molecule has 0 aliphatic heterocycles. The highest BCUT2D eigenvalue weighted by atomic mass is 32.2. The molecule has 114 valence electrons. The Hall–Kier alpha value is -1.67. The monoisotopic (exact) mass is 328 g/mol. The first-order valence-corrected chi connectivity index (χ1v) is 10.1. The molecule has 8 heteroatoms. The van der Waals surface area contributed by atoms with Crippen LogP contribution in [0.1, 0.15) is 5.56 Å². The van der Waals surface area contributed by atoms with Crippen molar-refractivity contribution in [1.82, 2.24) is 4.98 Å². The third-order valence-corrected chi connectivity index (χ3v) is 5.81. The molecule has 0 aliphatic carbocycles. The fourth-order valence-electron chi connectivity index (χ4n) is 1.96. The van der Waals surface area contributed by atoms with Gasteiger partial charge in [-0.15, -0.1) is 0 Å². The SMILES string of the molecule is CS(=O)(=O)CCS(=O)(=O)Cc1ccc(N)c2cccnc12. The predicted octanol–water partition coefficient (Wildman–Crippen LogP) is 0.776. The van der Waals surface area contributed by atoms with Crippen molar-refractivity contribution < 1.29 is 16.8 Å². The summed E-state index contributed by atoms with van der Waals surface area (Å²) >= 11 is 0. The van der Waals surface area contributed by atoms with Crippen LogP contribution in [0.2, 0.25) is 0 Å². The van der Waals surface area contributed by atoms with Crippen LogP contribution < -0.4 is 5.73 Å². The maximum absolute atomic E-state index is 12.1. The summed E-state index contributed by atoms with van der Waals surface area (Å²) in [5, 5.41) is 0.688. The van der Waals surface area contributed by atoms with E-state index in [4.69, 9.17) is 5.73 Å². The van der Waals surface area contributed by atoms with Gasteiger partial charge in [-0.05, 0) is 23.8 Å². The molecule has 21 heavy (non-hydrogen) atoms. The number of hydrogen-bond acceptors (Lipinski definition) is 6. The summed E-state index contributed by atoms with van der Waals surface area (Å²) in [4.78, 5) is 4.17. The molecule has 0 amide bonds. The lowest BCUT2D eigenvalue weighted by atomic mass is 10.1. The van der Waals surface area contributed by atoms with E-state index >= 15 is 0 Å². The summed E-state index contributed by atoms with van der Waals surface area (Å²) in [7, 11) is -6.85. The summed E-state index contributed by atoms with van der Waals surface area (Å²) in [6, 6.07) is 6.74. The van der Waals surface area contributed by atoms with Gasteiger partial charge in [-0.1, -0.05) is 6.07 Å². The van der Waals surface area contributed by atoms with E-state index in [9.17, 15) is 16.8 Å². The van der Waals surface area contributed by atoms with Gasteiger partial charge in [-0.25, -0.2) is 16.8 Å². The first kappa shape index (κ1) is 15.7. The molecule has 0 fully saturated rings. The number of nitrogens with two attached hydrogens (primary N) is 1. The average Bonchev–Trinajstić information content (AvgIpc) is 2.40. The number of pyridine rings is 1. The lowest BCUT2D eigenvalue weighted by Gasteiger charge is -2.08. The van der Waals surface area contributed by atoms with E-state index in [1.54, 1.807) is 30.5 Å². The molecular formula is C13H16N2O4S2. The van der Waals surface area contributed by atoms with Crippen molar-refractivity contribution in [2.45, 2.75) is 5.75 Å². The number of sulfone groups is 2. The van der Waals surface area contributed by atoms with Crippen LogP contribution in [0.15, 0.2) is 30.5 Å². The molecule has 0 aliphatic rings. The summed E-state index contributed by atoms with van der Waals surface area (Å²) in [6.45, 7) is 0. The van der Waals surface area contributed by atoms with Gasteiger partial charge >= 0.3 is 0 Å². The number of fused-ring (bicyclic) bond motifs is 1. The normalized spacial score (nSPS) is 12.6. The maximum atomic E-state index is 12.1. The van der Waals surface area contributed by atoms with Crippen LogP contribution in [-0.2, 0) is 25.4 Å². The molecule has 0 radical (unpaired) electrons. The summed E-state index contributed by atoms with van der Waals surface area (Å²) in [5.74, 6) is -1.03. The maximum Gasteiger partial charge on any atom is 0.155 e. The van der Waals surface area contributed by atoms with Crippen molar-refractivity contribution >= 4 is 36.3 Å². The first-order chi connectivity index (χ1) is 9.68. The Morgan fingerprint density at radius 2 is 1.81 bits per heavy atom. The highest BCUT2D eigenvalue weighted by Gasteiger charge is 2.17. The lowest BCUT2D eigenvalue weighted by molar-refractivity contribution is 0.589. The number of nitrogens with zero attached hydrogens (tertiary/aromatic N) is 1. The van der Waals surface area contributed by atoms with Gasteiger partial charge in [0.1, 0.15) is 9.84 Å². The molecule has 6 nitrogen and oxygen atoms in total. The minimum atomic E-state index is -3.53. The van der Waals surface area contributed by atoms with E-state index in [-0.39, 0.29) is 11.5 Å². The second-order valence-corrected chi connectivity index (χ2v) is 9.38. The predicted molar refractivity (Wildman–Crippen MR) is 83.4 cm³/mol. The van der Waals surface area contributed by atoms with Crippen LogP contribution in [0.3, 0.4) is 0 Å². The molecule has 1 aromatic carbocycles. The van der Waals surface area contributed by atoms with E-state index in [2.05, 4.69) is 4.98 Å². The summed E-state index contributed by atoms with van der Waals surface area (Å²) in [6.07, 6.45) is 2.58. The van der Waals surface area contributed by atoms with Crippen LogP contribution in [0, 0.1) is 0 Å². The first-order valence-electron chi connectivity index (χ1n) is 6.18. The molecular weight excluding hydrogens is 312 g/mol. The third kappa shape index (κ3) is 4.15. The molecule has 0 saturated carbocycles. The van der Waals surface area contributed by atoms with E-state index < -0.39 is 25.4 Å². The molecule has 1 aromatic heterocycles. The Labute approximate surface area is 123 Å². The highest BCUT2D eigenvalue weighted by molar-refractivity contribution is 7.94. The third-order valence-electron chi connectivity index (χ3n) is 3.03. The van der Waals surface area contributed by atoms with E-state index in [0.29, 0.717) is 22.2 Å². The Morgan fingerprint density at radius 3 is 2.48 bits per heavy atom. The summed E-state index contributed by atoms with van der Waals surface area (Å²) < 4.78 is 46.3. The van der Waals surface area contributed by atoms with E-state index in [0.717, 1.165) is 6.26 Å². The van der Waals surface area contributed by atoms with Crippen LogP contribution in [0.4, 0.5) is 5.69 Å². The van der Waals surface area contributed by atoms with Crippen LogP contribution in [-0.4, -0.2) is 39.6 Å². The second kappa shape index (κ2) is 5.61. The smallest absolute Gasteiger partial charge is 0.155 e. The van der Waals surface area contributed by atoms with Gasteiger partial charge in [0.05, 0.1) is 22.8 Å². The number of hydrogen-bond donors (Lipinski definition) is 1. The van der Waals surface area contributed by atoms with Crippen molar-refractivity contribution in [2.24, 2.45) is 0 Å². The molecule has 1 heterocycles. The molecule has 0 bridgehead atoms. The molecule has 0 atom stereocenters. The zero-order chi connectivity index (χ0) is 15.7. The standard InChI is InChI=1S/C13H16N2O4S2/c1-20(16,17)7-8-21(18,19)9-10-4-5-12(14)11-3-2-6-15-13(10)11/h2-6H,7-9,14H2,1H3. The number of benzene rings is 1. The molecule has 2 N–H and O–H groups in total. The quantitative estimate of drug-likeness (QED) is 0.813. The second-order valence-electron chi connectivity index (χ2n) is 4.94. The van der Waals surface area contributed by atoms with Gasteiger partial charge in [0.2, 0.25) is 0 Å². The van der Waals surface area contributed by atoms with Crippen LogP contribution in [0.25, 0.3) is 10.9 Å². The van der Waals surface area contributed by atoms with Gasteiger partial charge in [0.25, 0.3) is 0 Å². The zero-order valence-electron chi connectivity index (χ0n) is 11.5.